The number of hydrogen-bond donors (Lipinski definition) is 2. The number of rotatable bonds is 6. The second kappa shape index (κ2) is 6.24. The van der Waals surface area contributed by atoms with Crippen LogP contribution >= 0.6 is 11.8 Å². The molecule has 0 aliphatic carbocycles. The van der Waals surface area contributed by atoms with Gasteiger partial charge < -0.3 is 9.84 Å². The highest BCUT2D eigenvalue weighted by Gasteiger charge is 2.22. The summed E-state index contributed by atoms with van der Waals surface area (Å²) >= 11 is 0.853. The van der Waals surface area contributed by atoms with Gasteiger partial charge in [-0.05, 0) is 13.8 Å². The van der Waals surface area contributed by atoms with Crippen LogP contribution in [0.1, 0.15) is 19.9 Å². The van der Waals surface area contributed by atoms with E-state index in [4.69, 9.17) is 9.84 Å². The van der Waals surface area contributed by atoms with Crippen LogP contribution in [-0.4, -0.2) is 44.2 Å². The first-order valence-electron chi connectivity index (χ1n) is 5.15. The summed E-state index contributed by atoms with van der Waals surface area (Å²) in [4.78, 5) is 33.5. The molecular formula is C9H13N3O5S. The Morgan fingerprint density at radius 3 is 2.83 bits per heavy atom. The minimum atomic E-state index is -1.04. The molecule has 0 saturated heterocycles. The molecule has 0 aliphatic heterocycles. The Morgan fingerprint density at radius 2 is 2.28 bits per heavy atom. The van der Waals surface area contributed by atoms with Gasteiger partial charge in [0.1, 0.15) is 6.04 Å². The summed E-state index contributed by atoms with van der Waals surface area (Å²) < 4.78 is 5.87. The number of carboxylic acid groups (broad SMARTS) is 1. The third-order valence-corrected chi connectivity index (χ3v) is 2.95. The minimum absolute atomic E-state index is 0.142. The molecule has 0 amide bonds. The van der Waals surface area contributed by atoms with Crippen molar-refractivity contribution in [1.29, 1.82) is 0 Å². The first-order chi connectivity index (χ1) is 8.47. The van der Waals surface area contributed by atoms with Gasteiger partial charge in [0.2, 0.25) is 0 Å². The molecule has 1 aromatic heterocycles. The summed E-state index contributed by atoms with van der Waals surface area (Å²) in [6.07, 6.45) is 0. The molecule has 1 rings (SSSR count). The molecule has 1 atom stereocenters. The molecule has 100 valence electrons. The zero-order chi connectivity index (χ0) is 13.7. The summed E-state index contributed by atoms with van der Waals surface area (Å²) in [5.74, 6) is -1.86. The van der Waals surface area contributed by atoms with E-state index in [-0.39, 0.29) is 17.5 Å². The molecular weight excluding hydrogens is 262 g/mol. The van der Waals surface area contributed by atoms with Crippen molar-refractivity contribution in [3.8, 4) is 0 Å². The van der Waals surface area contributed by atoms with Gasteiger partial charge in [0.25, 0.3) is 0 Å². The lowest BCUT2D eigenvalue weighted by Crippen LogP contribution is -2.28. The topological polar surface area (TPSA) is 114 Å². The van der Waals surface area contributed by atoms with Crippen LogP contribution in [0.4, 0.5) is 0 Å². The predicted molar refractivity (Wildman–Crippen MR) is 62.6 cm³/mol. The number of H-pyrrole nitrogens is 1. The predicted octanol–water partition coefficient (Wildman–Crippen LogP) is -0.128. The highest BCUT2D eigenvalue weighted by atomic mass is 32.2. The Labute approximate surface area is 106 Å². The number of thioether (sulfide) groups is 1. The van der Waals surface area contributed by atoms with Crippen molar-refractivity contribution in [3.05, 3.63) is 10.5 Å². The summed E-state index contributed by atoms with van der Waals surface area (Å²) in [5, 5.41) is 14.6. The Morgan fingerprint density at radius 1 is 1.61 bits per heavy atom. The number of ether oxygens (including phenoxy) is 1. The van der Waals surface area contributed by atoms with Crippen molar-refractivity contribution in [2.24, 2.45) is 0 Å². The number of carboxylic acids is 1. The molecule has 1 heterocycles. The largest absolute Gasteiger partial charge is 0.481 e. The molecule has 0 aromatic carbocycles. The first-order valence-corrected chi connectivity index (χ1v) is 6.14. The van der Waals surface area contributed by atoms with E-state index in [2.05, 4.69) is 10.2 Å². The number of aliphatic carboxylic acids is 1. The molecule has 0 fully saturated rings. The van der Waals surface area contributed by atoms with Crippen LogP contribution in [0.25, 0.3) is 0 Å². The van der Waals surface area contributed by atoms with Gasteiger partial charge in [-0.15, -0.1) is 5.10 Å². The van der Waals surface area contributed by atoms with Crippen LogP contribution in [0.3, 0.4) is 0 Å². The summed E-state index contributed by atoms with van der Waals surface area (Å²) in [7, 11) is 0. The third kappa shape index (κ3) is 3.36. The van der Waals surface area contributed by atoms with Crippen molar-refractivity contribution in [2.45, 2.75) is 25.0 Å². The average Bonchev–Trinajstić information content (AvgIpc) is 2.67. The highest BCUT2D eigenvalue weighted by Crippen LogP contribution is 2.17. The van der Waals surface area contributed by atoms with Crippen LogP contribution in [0, 0.1) is 0 Å². The molecule has 0 aliphatic rings. The zero-order valence-corrected chi connectivity index (χ0v) is 10.7. The fourth-order valence-electron chi connectivity index (χ4n) is 1.23. The smallest absolute Gasteiger partial charge is 0.344 e. The first kappa shape index (κ1) is 14.3. The van der Waals surface area contributed by atoms with Crippen molar-refractivity contribution < 1.29 is 19.4 Å². The molecule has 0 spiro atoms. The molecule has 0 bridgehead atoms. The van der Waals surface area contributed by atoms with E-state index in [9.17, 15) is 14.4 Å². The van der Waals surface area contributed by atoms with Crippen LogP contribution in [0.5, 0.6) is 0 Å². The van der Waals surface area contributed by atoms with Crippen molar-refractivity contribution in [3.63, 3.8) is 0 Å². The number of nitrogens with one attached hydrogen (secondary N) is 1. The lowest BCUT2D eigenvalue weighted by molar-refractivity contribution is -0.146. The maximum atomic E-state index is 11.5. The van der Waals surface area contributed by atoms with Gasteiger partial charge in [-0.3, -0.25) is 9.36 Å². The van der Waals surface area contributed by atoms with Gasteiger partial charge in [-0.25, -0.2) is 14.7 Å². The van der Waals surface area contributed by atoms with E-state index in [1.807, 2.05) is 0 Å². The molecule has 1 aromatic rings. The molecule has 2 N–H and O–H groups in total. The minimum Gasteiger partial charge on any atom is -0.481 e. The van der Waals surface area contributed by atoms with Crippen molar-refractivity contribution >= 4 is 23.7 Å². The average molecular weight is 275 g/mol. The number of carbonyl (C=O) groups excluding carboxylic acids is 1. The molecule has 8 nitrogen and oxygen atoms in total. The quantitative estimate of drug-likeness (QED) is 0.549. The van der Waals surface area contributed by atoms with Gasteiger partial charge >= 0.3 is 17.6 Å². The van der Waals surface area contributed by atoms with E-state index in [1.165, 1.54) is 6.92 Å². The van der Waals surface area contributed by atoms with Gasteiger partial charge in [0.05, 0.1) is 12.4 Å². The number of hydrogen-bond acceptors (Lipinski definition) is 6. The van der Waals surface area contributed by atoms with Crippen molar-refractivity contribution in [2.75, 3.05) is 12.4 Å². The molecule has 1 unspecified atom stereocenters. The van der Waals surface area contributed by atoms with Crippen molar-refractivity contribution in [1.82, 2.24) is 14.8 Å². The summed E-state index contributed by atoms with van der Waals surface area (Å²) in [6.45, 7) is 3.34. The molecule has 0 radical (unpaired) electrons. The van der Waals surface area contributed by atoms with E-state index >= 15 is 0 Å². The molecule has 9 heteroatoms. The Balaban J connectivity index is 2.93. The Bertz CT molecular complexity index is 495. The van der Waals surface area contributed by atoms with E-state index < -0.39 is 23.7 Å². The zero-order valence-electron chi connectivity index (χ0n) is 9.87. The van der Waals surface area contributed by atoms with Crippen LogP contribution in [-0.2, 0) is 14.3 Å². The van der Waals surface area contributed by atoms with Gasteiger partial charge in [-0.2, -0.15) is 0 Å². The number of esters is 1. The van der Waals surface area contributed by atoms with E-state index in [0.29, 0.717) is 0 Å². The molecule has 0 saturated carbocycles. The standard InChI is InChI=1S/C9H13N3O5S/c1-3-17-7(15)5(2)12-8(16)10-11-9(12)18-4-6(13)14/h5H,3-4H2,1-2H3,(H,10,16)(H,13,14). The monoisotopic (exact) mass is 275 g/mol. The van der Waals surface area contributed by atoms with E-state index in [0.717, 1.165) is 16.3 Å². The Kier molecular flexibility index (Phi) is 4.95. The second-order valence-electron chi connectivity index (χ2n) is 3.29. The molecule has 18 heavy (non-hydrogen) atoms. The summed E-state index contributed by atoms with van der Waals surface area (Å²) in [6, 6.07) is -0.854. The van der Waals surface area contributed by atoms with E-state index in [1.54, 1.807) is 6.92 Å². The lowest BCUT2D eigenvalue weighted by atomic mass is 10.3. The number of aromatic nitrogens is 3. The fourth-order valence-corrected chi connectivity index (χ4v) is 1.97. The van der Waals surface area contributed by atoms with Gasteiger partial charge in [0, 0.05) is 0 Å². The number of aromatic amines is 1. The maximum Gasteiger partial charge on any atom is 0.344 e. The number of nitrogens with zero attached hydrogens (tertiary/aromatic N) is 2. The maximum absolute atomic E-state index is 11.5. The normalized spacial score (nSPS) is 12.1. The summed E-state index contributed by atoms with van der Waals surface area (Å²) in [5.41, 5.74) is -0.580. The number of carbonyl (C=O) groups is 2. The van der Waals surface area contributed by atoms with Gasteiger partial charge in [0.15, 0.2) is 5.16 Å². The lowest BCUT2D eigenvalue weighted by Gasteiger charge is -2.12. The highest BCUT2D eigenvalue weighted by molar-refractivity contribution is 7.99. The Hall–Kier alpha value is -1.77. The second-order valence-corrected chi connectivity index (χ2v) is 4.23. The third-order valence-electron chi connectivity index (χ3n) is 2.01. The SMILES string of the molecule is CCOC(=O)C(C)n1c(SCC(=O)O)n[nH]c1=O. The van der Waals surface area contributed by atoms with Gasteiger partial charge in [-0.1, -0.05) is 11.8 Å². The fraction of sp³-hybridized carbons (Fsp3) is 0.556. The van der Waals surface area contributed by atoms with Crippen LogP contribution in [0.2, 0.25) is 0 Å². The van der Waals surface area contributed by atoms with Crippen LogP contribution < -0.4 is 5.69 Å². The van der Waals surface area contributed by atoms with Crippen LogP contribution in [0.15, 0.2) is 9.95 Å².